The van der Waals surface area contributed by atoms with E-state index in [1.54, 1.807) is 6.92 Å². The Kier molecular flexibility index (Phi) is 6.45. The maximum atomic E-state index is 12.3. The fourth-order valence-electron chi connectivity index (χ4n) is 3.28. The third-order valence-corrected chi connectivity index (χ3v) is 5.97. The number of rotatable bonds is 7. The molecule has 0 spiro atoms. The highest BCUT2D eigenvalue weighted by Crippen LogP contribution is 2.32. The highest BCUT2D eigenvalue weighted by molar-refractivity contribution is 7.10. The molecule has 3 nitrogen and oxygen atoms in total. The lowest BCUT2D eigenvalue weighted by Crippen LogP contribution is -2.41. The molecule has 0 radical (unpaired) electrons. The van der Waals surface area contributed by atoms with Crippen LogP contribution in [0.25, 0.3) is 0 Å². The molecule has 1 amide bonds. The zero-order chi connectivity index (χ0) is 16.0. The van der Waals surface area contributed by atoms with Crippen molar-refractivity contribution in [1.29, 1.82) is 0 Å². The van der Waals surface area contributed by atoms with E-state index in [1.165, 1.54) is 43.4 Å². The predicted molar refractivity (Wildman–Crippen MR) is 91.9 cm³/mol. The molecule has 1 heterocycles. The molecule has 2 rings (SSSR count). The second kappa shape index (κ2) is 8.11. The largest absolute Gasteiger partial charge is 0.383 e. The molecule has 1 unspecified atom stereocenters. The Morgan fingerprint density at radius 2 is 2.14 bits per heavy atom. The first kappa shape index (κ1) is 17.5. The van der Waals surface area contributed by atoms with Gasteiger partial charge in [-0.2, -0.15) is 0 Å². The van der Waals surface area contributed by atoms with Gasteiger partial charge in [-0.1, -0.05) is 32.3 Å². The summed E-state index contributed by atoms with van der Waals surface area (Å²) < 4.78 is 0. The summed E-state index contributed by atoms with van der Waals surface area (Å²) >= 11 is 1.52. The van der Waals surface area contributed by atoms with Crippen molar-refractivity contribution in [2.24, 2.45) is 11.8 Å². The van der Waals surface area contributed by atoms with Crippen molar-refractivity contribution in [1.82, 2.24) is 5.32 Å². The summed E-state index contributed by atoms with van der Waals surface area (Å²) in [4.78, 5) is 13.2. The van der Waals surface area contributed by atoms with Crippen LogP contribution in [0, 0.1) is 11.8 Å². The molecule has 1 aliphatic carbocycles. The predicted octanol–water partition coefficient (Wildman–Crippen LogP) is 4.07. The van der Waals surface area contributed by atoms with Crippen LogP contribution in [-0.2, 0) is 10.4 Å². The molecule has 0 saturated heterocycles. The van der Waals surface area contributed by atoms with Crippen molar-refractivity contribution in [3.8, 4) is 0 Å². The number of nitrogens with one attached hydrogen (secondary N) is 1. The summed E-state index contributed by atoms with van der Waals surface area (Å²) in [5, 5.41) is 15.4. The van der Waals surface area contributed by atoms with Gasteiger partial charge in [0.1, 0.15) is 5.60 Å². The van der Waals surface area contributed by atoms with E-state index in [4.69, 9.17) is 0 Å². The normalized spacial score (nSPS) is 24.7. The van der Waals surface area contributed by atoms with E-state index in [0.717, 1.165) is 23.6 Å². The molecule has 1 fully saturated rings. The Labute approximate surface area is 138 Å². The fraction of sp³-hybridized carbons (Fsp3) is 0.722. The monoisotopic (exact) mass is 323 g/mol. The van der Waals surface area contributed by atoms with E-state index in [9.17, 15) is 9.90 Å². The summed E-state index contributed by atoms with van der Waals surface area (Å²) in [5.41, 5.74) is -0.970. The number of hydrogen-bond donors (Lipinski definition) is 2. The molecule has 1 atom stereocenters. The van der Waals surface area contributed by atoms with Crippen molar-refractivity contribution in [2.75, 3.05) is 6.54 Å². The van der Waals surface area contributed by atoms with Gasteiger partial charge in [-0.05, 0) is 50.0 Å². The van der Waals surface area contributed by atoms with Crippen LogP contribution in [0.3, 0.4) is 0 Å². The second-order valence-electron chi connectivity index (χ2n) is 6.83. The first-order chi connectivity index (χ1) is 10.5. The van der Waals surface area contributed by atoms with Crippen molar-refractivity contribution in [3.05, 3.63) is 22.4 Å². The van der Waals surface area contributed by atoms with Crippen LogP contribution in [0.4, 0.5) is 0 Å². The topological polar surface area (TPSA) is 49.3 Å². The standard InChI is InChI=1S/C18H29NO2S/c1-3-4-6-14-8-10-15(11-9-14)17(20)19-13-18(2,21)16-7-5-12-22-16/h5,7,12,14-15,21H,3-4,6,8-11,13H2,1-2H3,(H,19,20). The molecule has 1 aromatic rings. The number of aliphatic hydroxyl groups is 1. The number of thiophene rings is 1. The third-order valence-electron chi connectivity index (χ3n) is 4.84. The highest BCUT2D eigenvalue weighted by atomic mass is 32.1. The Hall–Kier alpha value is -0.870. The molecule has 2 N–H and O–H groups in total. The van der Waals surface area contributed by atoms with Gasteiger partial charge in [-0.3, -0.25) is 4.79 Å². The molecular formula is C18H29NO2S. The Morgan fingerprint density at radius 3 is 2.73 bits per heavy atom. The summed E-state index contributed by atoms with van der Waals surface area (Å²) in [7, 11) is 0. The smallest absolute Gasteiger partial charge is 0.223 e. The van der Waals surface area contributed by atoms with Crippen molar-refractivity contribution in [3.63, 3.8) is 0 Å². The quantitative estimate of drug-likeness (QED) is 0.794. The van der Waals surface area contributed by atoms with Crippen LogP contribution >= 0.6 is 11.3 Å². The molecule has 22 heavy (non-hydrogen) atoms. The molecule has 1 aliphatic rings. The first-order valence-corrected chi connectivity index (χ1v) is 9.45. The number of amides is 1. The fourth-order valence-corrected chi connectivity index (χ4v) is 4.07. The van der Waals surface area contributed by atoms with Crippen molar-refractivity contribution >= 4 is 17.2 Å². The van der Waals surface area contributed by atoms with Crippen molar-refractivity contribution in [2.45, 2.75) is 64.4 Å². The van der Waals surface area contributed by atoms with Gasteiger partial charge in [0.2, 0.25) is 5.91 Å². The maximum absolute atomic E-state index is 12.3. The van der Waals surface area contributed by atoms with Crippen LogP contribution in [-0.4, -0.2) is 17.6 Å². The molecule has 1 aromatic heterocycles. The average molecular weight is 324 g/mol. The van der Waals surface area contributed by atoms with Gasteiger partial charge < -0.3 is 10.4 Å². The zero-order valence-electron chi connectivity index (χ0n) is 13.8. The van der Waals surface area contributed by atoms with Gasteiger partial charge in [0, 0.05) is 10.8 Å². The molecule has 0 aromatic carbocycles. The summed E-state index contributed by atoms with van der Waals surface area (Å²) in [5.74, 6) is 1.07. The lowest BCUT2D eigenvalue weighted by Gasteiger charge is -2.29. The van der Waals surface area contributed by atoms with Crippen molar-refractivity contribution < 1.29 is 9.90 Å². The molecule has 1 saturated carbocycles. The van der Waals surface area contributed by atoms with E-state index < -0.39 is 5.60 Å². The molecule has 4 heteroatoms. The summed E-state index contributed by atoms with van der Waals surface area (Å²) in [6, 6.07) is 3.84. The van der Waals surface area contributed by atoms with E-state index in [0.29, 0.717) is 6.54 Å². The number of carbonyl (C=O) groups excluding carboxylic acids is 1. The molecule has 124 valence electrons. The average Bonchev–Trinajstić information content (AvgIpc) is 3.06. The number of carbonyl (C=O) groups is 1. The van der Waals surface area contributed by atoms with E-state index in [2.05, 4.69) is 12.2 Å². The third kappa shape index (κ3) is 4.82. The summed E-state index contributed by atoms with van der Waals surface area (Å²) in [6.45, 7) is 4.29. The van der Waals surface area contributed by atoms with Gasteiger partial charge in [0.25, 0.3) is 0 Å². The van der Waals surface area contributed by atoms with E-state index in [1.807, 2.05) is 17.5 Å². The van der Waals surface area contributed by atoms with E-state index in [-0.39, 0.29) is 11.8 Å². The molecule has 0 bridgehead atoms. The number of hydrogen-bond acceptors (Lipinski definition) is 3. The lowest BCUT2D eigenvalue weighted by molar-refractivity contribution is -0.127. The first-order valence-electron chi connectivity index (χ1n) is 8.57. The van der Waals surface area contributed by atoms with Crippen LogP contribution in [0.5, 0.6) is 0 Å². The minimum atomic E-state index is -0.970. The minimum absolute atomic E-state index is 0.116. The van der Waals surface area contributed by atoms with Gasteiger partial charge in [0.15, 0.2) is 0 Å². The van der Waals surface area contributed by atoms with Crippen LogP contribution < -0.4 is 5.32 Å². The van der Waals surface area contributed by atoms with Gasteiger partial charge >= 0.3 is 0 Å². The number of unbranched alkanes of at least 4 members (excludes halogenated alkanes) is 1. The SMILES string of the molecule is CCCCC1CCC(C(=O)NCC(C)(O)c2cccs2)CC1. The summed E-state index contributed by atoms with van der Waals surface area (Å²) in [6.07, 6.45) is 8.25. The Bertz CT molecular complexity index is 448. The zero-order valence-corrected chi connectivity index (χ0v) is 14.6. The Morgan fingerprint density at radius 1 is 1.41 bits per heavy atom. The van der Waals surface area contributed by atoms with E-state index >= 15 is 0 Å². The van der Waals surface area contributed by atoms with Crippen LogP contribution in [0.15, 0.2) is 17.5 Å². The second-order valence-corrected chi connectivity index (χ2v) is 7.78. The van der Waals surface area contributed by atoms with Gasteiger partial charge in [-0.15, -0.1) is 11.3 Å². The molecule has 0 aliphatic heterocycles. The maximum Gasteiger partial charge on any atom is 0.223 e. The minimum Gasteiger partial charge on any atom is -0.383 e. The van der Waals surface area contributed by atoms with Crippen LogP contribution in [0.2, 0.25) is 0 Å². The lowest BCUT2D eigenvalue weighted by atomic mass is 9.79. The van der Waals surface area contributed by atoms with Crippen LogP contribution in [0.1, 0.15) is 63.7 Å². The highest BCUT2D eigenvalue weighted by Gasteiger charge is 2.29. The molecular weight excluding hydrogens is 294 g/mol. The van der Waals surface area contributed by atoms with Gasteiger partial charge in [-0.25, -0.2) is 0 Å². The Balaban J connectivity index is 1.74. The van der Waals surface area contributed by atoms with Gasteiger partial charge in [0.05, 0.1) is 6.54 Å².